The molecule has 2 aromatic carbocycles. The number of nitrogens with one attached hydrogen (secondary N) is 2. The van der Waals surface area contributed by atoms with Crippen LogP contribution in [-0.2, 0) is 11.6 Å². The number of nitrogens with zero attached hydrogens (tertiary/aromatic N) is 2. The second kappa shape index (κ2) is 7.62. The molecule has 8 heteroatoms. The monoisotopic (exact) mass is 402 g/mol. The highest BCUT2D eigenvalue weighted by atomic mass is 19.4. The Morgan fingerprint density at radius 2 is 1.62 bits per heavy atom. The molecule has 2 N–H and O–H groups in total. The van der Waals surface area contributed by atoms with Crippen molar-refractivity contribution in [1.29, 1.82) is 0 Å². The molecule has 0 radical (unpaired) electrons. The van der Waals surface area contributed by atoms with Crippen LogP contribution in [0.4, 0.5) is 29.5 Å². The van der Waals surface area contributed by atoms with Gasteiger partial charge in [0.1, 0.15) is 5.82 Å². The smallest absolute Gasteiger partial charge is 0.308 e. The first-order valence-electron chi connectivity index (χ1n) is 8.95. The quantitative estimate of drug-likeness (QED) is 0.579. The zero-order valence-corrected chi connectivity index (χ0v) is 16.2. The molecule has 2 amide bonds. The third-order valence-electron chi connectivity index (χ3n) is 4.17. The summed E-state index contributed by atoms with van der Waals surface area (Å²) >= 11 is 0. The number of alkyl halides is 3. The fourth-order valence-electron chi connectivity index (χ4n) is 2.65. The summed E-state index contributed by atoms with van der Waals surface area (Å²) in [6, 6.07) is 14.8. The van der Waals surface area contributed by atoms with Gasteiger partial charge in [0.15, 0.2) is 0 Å². The van der Waals surface area contributed by atoms with Gasteiger partial charge in [0.2, 0.25) is 0 Å². The number of aromatic nitrogens is 2. The molecule has 0 unspecified atom stereocenters. The van der Waals surface area contributed by atoms with Gasteiger partial charge in [-0.25, -0.2) is 9.48 Å². The van der Waals surface area contributed by atoms with Crippen molar-refractivity contribution in [2.75, 3.05) is 10.6 Å². The molecule has 0 aliphatic heterocycles. The number of amides is 2. The average Bonchev–Trinajstić information content (AvgIpc) is 3.06. The van der Waals surface area contributed by atoms with E-state index in [2.05, 4.69) is 15.7 Å². The summed E-state index contributed by atoms with van der Waals surface area (Å²) in [5.74, 6) is 0.408. The van der Waals surface area contributed by atoms with Crippen LogP contribution in [0, 0.1) is 0 Å². The van der Waals surface area contributed by atoms with Gasteiger partial charge in [-0.1, -0.05) is 45.0 Å². The number of carbonyl (C=O) groups is 1. The first kappa shape index (κ1) is 20.4. The molecule has 0 fully saturated rings. The molecular formula is C21H21F3N4O. The van der Waals surface area contributed by atoms with Crippen LogP contribution in [0.1, 0.15) is 32.0 Å². The van der Waals surface area contributed by atoms with Gasteiger partial charge in [-0.2, -0.15) is 18.3 Å². The third kappa shape index (κ3) is 4.96. The lowest BCUT2D eigenvalue weighted by Gasteiger charge is -2.14. The van der Waals surface area contributed by atoms with Crippen molar-refractivity contribution in [3.05, 3.63) is 71.9 Å². The number of hydrogen-bond acceptors (Lipinski definition) is 2. The summed E-state index contributed by atoms with van der Waals surface area (Å²) in [4.78, 5) is 12.4. The summed E-state index contributed by atoms with van der Waals surface area (Å²) in [6.45, 7) is 5.99. The molecule has 0 saturated heterocycles. The van der Waals surface area contributed by atoms with Crippen molar-refractivity contribution in [2.24, 2.45) is 0 Å². The fourth-order valence-corrected chi connectivity index (χ4v) is 2.65. The number of hydrogen-bond donors (Lipinski definition) is 2. The Labute approximate surface area is 166 Å². The van der Waals surface area contributed by atoms with Crippen LogP contribution in [-0.4, -0.2) is 15.8 Å². The summed E-state index contributed by atoms with van der Waals surface area (Å²) in [6.07, 6.45) is -4.48. The van der Waals surface area contributed by atoms with Crippen molar-refractivity contribution < 1.29 is 18.0 Å². The van der Waals surface area contributed by atoms with Crippen molar-refractivity contribution in [2.45, 2.75) is 32.4 Å². The number of urea groups is 1. The number of benzene rings is 2. The molecule has 5 nitrogen and oxygen atoms in total. The lowest BCUT2D eigenvalue weighted by Crippen LogP contribution is -2.21. The van der Waals surface area contributed by atoms with E-state index >= 15 is 0 Å². The van der Waals surface area contributed by atoms with E-state index < -0.39 is 17.8 Å². The fraction of sp³-hybridized carbons (Fsp3) is 0.238. The van der Waals surface area contributed by atoms with Crippen LogP contribution in [0.3, 0.4) is 0 Å². The van der Waals surface area contributed by atoms with Crippen LogP contribution in [0.5, 0.6) is 0 Å². The van der Waals surface area contributed by atoms with Crippen LogP contribution in [0.15, 0.2) is 60.7 Å². The maximum Gasteiger partial charge on any atom is 0.416 e. The maximum absolute atomic E-state index is 12.9. The Hall–Kier alpha value is -3.29. The van der Waals surface area contributed by atoms with Gasteiger partial charge < -0.3 is 5.32 Å². The minimum absolute atomic E-state index is 0.0409. The number of rotatable bonds is 3. The second-order valence-corrected chi connectivity index (χ2v) is 7.57. The summed E-state index contributed by atoms with van der Waals surface area (Å²) in [7, 11) is 0. The highest BCUT2D eigenvalue weighted by Crippen LogP contribution is 2.31. The Balaban J connectivity index is 1.86. The average molecular weight is 402 g/mol. The molecule has 29 heavy (non-hydrogen) atoms. The van der Waals surface area contributed by atoms with Gasteiger partial charge in [0.05, 0.1) is 16.9 Å². The van der Waals surface area contributed by atoms with E-state index in [9.17, 15) is 18.0 Å². The lowest BCUT2D eigenvalue weighted by molar-refractivity contribution is -0.137. The Bertz CT molecular complexity index is 1000. The zero-order valence-electron chi connectivity index (χ0n) is 16.2. The summed E-state index contributed by atoms with van der Waals surface area (Å²) in [5, 5.41) is 9.70. The van der Waals surface area contributed by atoms with Crippen molar-refractivity contribution in [3.8, 4) is 5.69 Å². The van der Waals surface area contributed by atoms with Crippen LogP contribution in [0.25, 0.3) is 5.69 Å². The topological polar surface area (TPSA) is 59.0 Å². The minimum Gasteiger partial charge on any atom is -0.308 e. The first-order chi connectivity index (χ1) is 13.5. The molecular weight excluding hydrogens is 381 g/mol. The number of anilines is 2. The molecule has 0 aliphatic rings. The molecule has 152 valence electrons. The maximum atomic E-state index is 12.9. The Kier molecular flexibility index (Phi) is 5.37. The largest absolute Gasteiger partial charge is 0.416 e. The zero-order chi connectivity index (χ0) is 21.2. The van der Waals surface area contributed by atoms with E-state index in [4.69, 9.17) is 0 Å². The van der Waals surface area contributed by atoms with Gasteiger partial charge in [0, 0.05) is 17.2 Å². The summed E-state index contributed by atoms with van der Waals surface area (Å²) in [5.41, 5.74) is 0.459. The molecule has 0 aliphatic carbocycles. The van der Waals surface area contributed by atoms with Crippen LogP contribution in [0.2, 0.25) is 0 Å². The normalized spacial score (nSPS) is 11.9. The van der Waals surface area contributed by atoms with Gasteiger partial charge in [-0.15, -0.1) is 0 Å². The molecule has 3 aromatic rings. The predicted octanol–water partition coefficient (Wildman–Crippen LogP) is 5.83. The molecule has 0 spiro atoms. The second-order valence-electron chi connectivity index (χ2n) is 7.57. The highest BCUT2D eigenvalue weighted by molar-refractivity contribution is 5.99. The molecule has 0 atom stereocenters. The first-order valence-corrected chi connectivity index (χ1v) is 8.95. The van der Waals surface area contributed by atoms with E-state index in [1.807, 2.05) is 51.1 Å². The Morgan fingerprint density at radius 1 is 0.931 bits per heavy atom. The van der Waals surface area contributed by atoms with Gasteiger partial charge in [-0.3, -0.25) is 5.32 Å². The lowest BCUT2D eigenvalue weighted by atomic mass is 9.92. The number of carbonyl (C=O) groups excluding carboxylic acids is 1. The Morgan fingerprint density at radius 3 is 2.24 bits per heavy atom. The van der Waals surface area contributed by atoms with Gasteiger partial charge in [0.25, 0.3) is 0 Å². The van der Waals surface area contributed by atoms with Crippen molar-refractivity contribution in [3.63, 3.8) is 0 Å². The predicted molar refractivity (Wildman–Crippen MR) is 106 cm³/mol. The van der Waals surface area contributed by atoms with Gasteiger partial charge in [-0.05, 0) is 30.3 Å². The van der Waals surface area contributed by atoms with Gasteiger partial charge >= 0.3 is 12.2 Å². The molecule has 0 saturated carbocycles. The number of halogens is 3. The molecule has 1 aromatic heterocycles. The van der Waals surface area contributed by atoms with E-state index in [1.165, 1.54) is 12.1 Å². The standard InChI is InChI=1S/C21H21F3N4O/c1-20(2,3)17-13-18(28(27-17)16-10-5-4-6-11-16)26-19(29)25-15-9-7-8-14(12-15)21(22,23)24/h4-13H,1-3H3,(H2,25,26,29). The van der Waals surface area contributed by atoms with E-state index in [1.54, 1.807) is 10.7 Å². The third-order valence-corrected chi connectivity index (χ3v) is 4.17. The van der Waals surface area contributed by atoms with Crippen LogP contribution < -0.4 is 10.6 Å². The molecule has 1 heterocycles. The van der Waals surface area contributed by atoms with Crippen molar-refractivity contribution >= 4 is 17.5 Å². The SMILES string of the molecule is CC(C)(C)c1cc(NC(=O)Nc2cccc(C(F)(F)F)c2)n(-c2ccccc2)n1. The minimum atomic E-state index is -4.48. The van der Waals surface area contributed by atoms with Crippen molar-refractivity contribution in [1.82, 2.24) is 9.78 Å². The van der Waals surface area contributed by atoms with E-state index in [0.717, 1.165) is 23.5 Å². The van der Waals surface area contributed by atoms with E-state index in [-0.39, 0.29) is 11.1 Å². The molecule has 3 rings (SSSR count). The van der Waals surface area contributed by atoms with E-state index in [0.29, 0.717) is 5.82 Å². The summed E-state index contributed by atoms with van der Waals surface area (Å²) < 4.78 is 40.2. The number of para-hydroxylation sites is 1. The van der Waals surface area contributed by atoms with Crippen LogP contribution >= 0.6 is 0 Å². The highest BCUT2D eigenvalue weighted by Gasteiger charge is 2.30. The molecule has 0 bridgehead atoms.